The Morgan fingerprint density at radius 1 is 0.955 bits per heavy atom. The Bertz CT molecular complexity index is 707. The Labute approximate surface area is 129 Å². The van der Waals surface area contributed by atoms with E-state index >= 15 is 0 Å². The molecule has 1 heterocycles. The second kappa shape index (κ2) is 6.02. The van der Waals surface area contributed by atoms with Gasteiger partial charge in [0.1, 0.15) is 0 Å². The van der Waals surface area contributed by atoms with Crippen molar-refractivity contribution in [1.29, 1.82) is 0 Å². The Hall–Kier alpha value is -2.62. The molecule has 0 atom stereocenters. The molecule has 1 amide bonds. The molecule has 0 aromatic heterocycles. The third kappa shape index (κ3) is 2.72. The van der Waals surface area contributed by atoms with Gasteiger partial charge in [0.2, 0.25) is 0 Å². The summed E-state index contributed by atoms with van der Waals surface area (Å²) in [5.41, 5.74) is 3.55. The van der Waals surface area contributed by atoms with Crippen LogP contribution in [0.1, 0.15) is 31.8 Å². The minimum absolute atomic E-state index is 0.00841. The van der Waals surface area contributed by atoms with Crippen LogP contribution in [-0.4, -0.2) is 30.4 Å². The van der Waals surface area contributed by atoms with Crippen LogP contribution in [0.4, 0.5) is 0 Å². The monoisotopic (exact) mass is 295 g/mol. The average molecular weight is 295 g/mol. The van der Waals surface area contributed by atoms with Crippen LogP contribution >= 0.6 is 0 Å². The molecule has 4 nitrogen and oxygen atoms in total. The maximum atomic E-state index is 12.6. The topological polar surface area (TPSA) is 46.6 Å². The van der Waals surface area contributed by atoms with E-state index in [2.05, 4.69) is 16.9 Å². The smallest absolute Gasteiger partial charge is 0.337 e. The van der Waals surface area contributed by atoms with Crippen molar-refractivity contribution in [3.05, 3.63) is 70.8 Å². The third-order valence-corrected chi connectivity index (χ3v) is 3.97. The first-order valence-electron chi connectivity index (χ1n) is 7.23. The first-order chi connectivity index (χ1) is 10.7. The van der Waals surface area contributed by atoms with Crippen molar-refractivity contribution in [3.8, 4) is 0 Å². The minimum atomic E-state index is -0.397. The number of rotatable bonds is 2. The molecular weight excluding hydrogens is 278 g/mol. The van der Waals surface area contributed by atoms with Gasteiger partial charge in [-0.15, -0.1) is 0 Å². The number of methoxy groups -OCH3 is 1. The third-order valence-electron chi connectivity index (χ3n) is 3.97. The number of ether oxygens (including phenoxy) is 1. The van der Waals surface area contributed by atoms with E-state index in [-0.39, 0.29) is 5.91 Å². The normalized spacial score (nSPS) is 13.4. The summed E-state index contributed by atoms with van der Waals surface area (Å²) < 4.78 is 4.66. The summed E-state index contributed by atoms with van der Waals surface area (Å²) in [5.74, 6) is -0.406. The summed E-state index contributed by atoms with van der Waals surface area (Å²) in [6.07, 6.45) is 0.877. The van der Waals surface area contributed by atoms with E-state index in [1.54, 1.807) is 24.3 Å². The number of hydrogen-bond acceptors (Lipinski definition) is 3. The van der Waals surface area contributed by atoms with Gasteiger partial charge in [-0.3, -0.25) is 4.79 Å². The summed E-state index contributed by atoms with van der Waals surface area (Å²) in [4.78, 5) is 25.8. The predicted octanol–water partition coefficient (Wildman–Crippen LogP) is 2.67. The molecule has 1 aliphatic heterocycles. The van der Waals surface area contributed by atoms with Gasteiger partial charge in [-0.2, -0.15) is 0 Å². The molecular formula is C18H17NO3. The molecule has 0 spiro atoms. The van der Waals surface area contributed by atoms with Crippen LogP contribution in [0.2, 0.25) is 0 Å². The molecule has 0 fully saturated rings. The van der Waals surface area contributed by atoms with Gasteiger partial charge in [0.15, 0.2) is 0 Å². The molecule has 1 aliphatic rings. The summed E-state index contributed by atoms with van der Waals surface area (Å²) in [7, 11) is 1.34. The van der Waals surface area contributed by atoms with E-state index in [0.717, 1.165) is 6.42 Å². The van der Waals surface area contributed by atoms with Crippen LogP contribution < -0.4 is 0 Å². The van der Waals surface area contributed by atoms with Crippen molar-refractivity contribution in [2.75, 3.05) is 13.7 Å². The van der Waals surface area contributed by atoms with Crippen molar-refractivity contribution in [3.63, 3.8) is 0 Å². The van der Waals surface area contributed by atoms with Gasteiger partial charge in [0.05, 0.1) is 12.7 Å². The van der Waals surface area contributed by atoms with Crippen molar-refractivity contribution in [1.82, 2.24) is 4.90 Å². The fourth-order valence-electron chi connectivity index (χ4n) is 2.72. The molecule has 0 radical (unpaired) electrons. The van der Waals surface area contributed by atoms with Crippen LogP contribution in [-0.2, 0) is 17.7 Å². The van der Waals surface area contributed by atoms with Crippen LogP contribution in [0.25, 0.3) is 0 Å². The number of carbonyl (C=O) groups is 2. The largest absolute Gasteiger partial charge is 0.465 e. The number of esters is 1. The average Bonchev–Trinajstić information content (AvgIpc) is 2.60. The lowest BCUT2D eigenvalue weighted by Gasteiger charge is -2.29. The molecule has 0 aliphatic carbocycles. The fraction of sp³-hybridized carbons (Fsp3) is 0.222. The first kappa shape index (κ1) is 14.3. The molecule has 3 rings (SSSR count). The zero-order valence-corrected chi connectivity index (χ0v) is 12.4. The highest BCUT2D eigenvalue weighted by Crippen LogP contribution is 2.20. The van der Waals surface area contributed by atoms with Gasteiger partial charge in [-0.05, 0) is 41.8 Å². The summed E-state index contributed by atoms with van der Waals surface area (Å²) in [6.45, 7) is 1.35. The second-order valence-corrected chi connectivity index (χ2v) is 5.31. The lowest BCUT2D eigenvalue weighted by atomic mass is 9.99. The molecule has 2 aromatic carbocycles. The number of hydrogen-bond donors (Lipinski definition) is 0. The SMILES string of the molecule is COC(=O)c1ccc(C(=O)N2CCc3ccccc3C2)cc1. The number of fused-ring (bicyclic) bond motifs is 1. The molecule has 0 bridgehead atoms. The number of nitrogens with zero attached hydrogens (tertiary/aromatic N) is 1. The Kier molecular flexibility index (Phi) is 3.92. The summed E-state index contributed by atoms with van der Waals surface area (Å²) in [6, 6.07) is 14.8. The standard InChI is InChI=1S/C18H17NO3/c1-22-18(21)15-8-6-14(7-9-15)17(20)19-11-10-13-4-2-3-5-16(13)12-19/h2-9H,10-12H2,1H3. The zero-order valence-electron chi connectivity index (χ0n) is 12.4. The molecule has 0 unspecified atom stereocenters. The van der Waals surface area contributed by atoms with Gasteiger partial charge < -0.3 is 9.64 Å². The molecule has 0 saturated heterocycles. The number of benzene rings is 2. The predicted molar refractivity (Wildman–Crippen MR) is 82.7 cm³/mol. The number of carbonyl (C=O) groups excluding carboxylic acids is 2. The summed E-state index contributed by atoms with van der Waals surface area (Å²) in [5, 5.41) is 0. The Morgan fingerprint density at radius 2 is 1.59 bits per heavy atom. The number of amides is 1. The lowest BCUT2D eigenvalue weighted by molar-refractivity contribution is 0.0599. The molecule has 22 heavy (non-hydrogen) atoms. The van der Waals surface area contributed by atoms with Crippen molar-refractivity contribution in [2.24, 2.45) is 0 Å². The lowest BCUT2D eigenvalue weighted by Crippen LogP contribution is -2.35. The van der Waals surface area contributed by atoms with Gasteiger partial charge in [0.25, 0.3) is 5.91 Å². The van der Waals surface area contributed by atoms with Gasteiger partial charge in [-0.25, -0.2) is 4.79 Å². The first-order valence-corrected chi connectivity index (χ1v) is 7.23. The molecule has 112 valence electrons. The quantitative estimate of drug-likeness (QED) is 0.800. The van der Waals surface area contributed by atoms with Crippen LogP contribution in [0, 0.1) is 0 Å². The van der Waals surface area contributed by atoms with E-state index in [1.807, 2.05) is 17.0 Å². The second-order valence-electron chi connectivity index (χ2n) is 5.31. The van der Waals surface area contributed by atoms with Crippen molar-refractivity contribution >= 4 is 11.9 Å². The van der Waals surface area contributed by atoms with E-state index < -0.39 is 5.97 Å². The fourth-order valence-corrected chi connectivity index (χ4v) is 2.72. The Morgan fingerprint density at radius 3 is 2.27 bits per heavy atom. The van der Waals surface area contributed by atoms with Crippen LogP contribution in [0.3, 0.4) is 0 Å². The molecule has 2 aromatic rings. The molecule has 0 N–H and O–H groups in total. The van der Waals surface area contributed by atoms with Gasteiger partial charge in [0, 0.05) is 18.7 Å². The zero-order chi connectivity index (χ0) is 15.5. The van der Waals surface area contributed by atoms with E-state index in [4.69, 9.17) is 0 Å². The molecule has 0 saturated carbocycles. The van der Waals surface area contributed by atoms with Crippen molar-refractivity contribution < 1.29 is 14.3 Å². The maximum Gasteiger partial charge on any atom is 0.337 e. The maximum absolute atomic E-state index is 12.6. The highest BCUT2D eigenvalue weighted by atomic mass is 16.5. The van der Waals surface area contributed by atoms with Gasteiger partial charge in [-0.1, -0.05) is 24.3 Å². The van der Waals surface area contributed by atoms with E-state index in [1.165, 1.54) is 18.2 Å². The highest BCUT2D eigenvalue weighted by molar-refractivity contribution is 5.96. The summed E-state index contributed by atoms with van der Waals surface area (Å²) >= 11 is 0. The molecule has 4 heteroatoms. The van der Waals surface area contributed by atoms with Gasteiger partial charge >= 0.3 is 5.97 Å². The van der Waals surface area contributed by atoms with Crippen molar-refractivity contribution in [2.45, 2.75) is 13.0 Å². The minimum Gasteiger partial charge on any atom is -0.465 e. The highest BCUT2D eigenvalue weighted by Gasteiger charge is 2.21. The van der Waals surface area contributed by atoms with Crippen LogP contribution in [0.5, 0.6) is 0 Å². The van der Waals surface area contributed by atoms with E-state index in [0.29, 0.717) is 24.2 Å². The van der Waals surface area contributed by atoms with Crippen LogP contribution in [0.15, 0.2) is 48.5 Å². The Balaban J connectivity index is 1.76. The van der Waals surface area contributed by atoms with E-state index in [9.17, 15) is 9.59 Å².